The average molecular weight is 312 g/mol. The number of hydrogen-bond donors (Lipinski definition) is 1. The van der Waals surface area contributed by atoms with Crippen molar-refractivity contribution in [2.45, 2.75) is 6.54 Å². The monoisotopic (exact) mass is 312 g/mol. The van der Waals surface area contributed by atoms with Crippen molar-refractivity contribution in [2.75, 3.05) is 5.32 Å². The molecule has 0 saturated carbocycles. The van der Waals surface area contributed by atoms with Gasteiger partial charge in [-0.05, 0) is 24.3 Å². The quantitative estimate of drug-likeness (QED) is 0.610. The number of rotatable bonds is 4. The van der Waals surface area contributed by atoms with Crippen LogP contribution in [0.4, 0.5) is 5.82 Å². The maximum absolute atomic E-state index is 4.74. The van der Waals surface area contributed by atoms with Gasteiger partial charge in [0, 0.05) is 17.1 Å². The zero-order valence-electron chi connectivity index (χ0n) is 13.1. The Balaban J connectivity index is 1.75. The number of para-hydroxylation sites is 1. The van der Waals surface area contributed by atoms with Crippen LogP contribution in [0, 0.1) is 0 Å². The van der Waals surface area contributed by atoms with Gasteiger partial charge in [-0.25, -0.2) is 9.97 Å². The van der Waals surface area contributed by atoms with E-state index in [1.54, 1.807) is 6.20 Å². The Bertz CT molecular complexity index is 953. The lowest BCUT2D eigenvalue weighted by Crippen LogP contribution is -2.05. The minimum absolute atomic E-state index is 0.621. The maximum Gasteiger partial charge on any atom is 0.162 e. The van der Waals surface area contributed by atoms with Crippen molar-refractivity contribution >= 4 is 16.7 Å². The van der Waals surface area contributed by atoms with E-state index in [1.165, 1.54) is 0 Å². The van der Waals surface area contributed by atoms with Crippen molar-refractivity contribution in [2.24, 2.45) is 0 Å². The van der Waals surface area contributed by atoms with Crippen molar-refractivity contribution in [3.8, 4) is 11.4 Å². The van der Waals surface area contributed by atoms with Gasteiger partial charge in [0.1, 0.15) is 5.82 Å². The molecule has 0 aliphatic heterocycles. The first-order valence-corrected chi connectivity index (χ1v) is 7.86. The molecule has 2 heterocycles. The molecule has 0 aliphatic carbocycles. The number of nitrogens with zero attached hydrogens (tertiary/aromatic N) is 3. The molecule has 2 aromatic heterocycles. The highest BCUT2D eigenvalue weighted by atomic mass is 15.0. The molecule has 1 N–H and O–H groups in total. The Morgan fingerprint density at radius 1 is 0.750 bits per heavy atom. The van der Waals surface area contributed by atoms with Gasteiger partial charge >= 0.3 is 0 Å². The highest BCUT2D eigenvalue weighted by Crippen LogP contribution is 2.25. The highest BCUT2D eigenvalue weighted by molar-refractivity contribution is 5.90. The summed E-state index contributed by atoms with van der Waals surface area (Å²) in [5, 5.41) is 4.41. The largest absolute Gasteiger partial charge is 0.364 e. The molecule has 0 spiro atoms. The predicted octanol–water partition coefficient (Wildman–Crippen LogP) is 4.30. The molecule has 4 nitrogen and oxygen atoms in total. The summed E-state index contributed by atoms with van der Waals surface area (Å²) in [6.45, 7) is 0.621. The minimum atomic E-state index is 0.621. The number of pyridine rings is 1. The molecule has 0 bridgehead atoms. The van der Waals surface area contributed by atoms with E-state index < -0.39 is 0 Å². The van der Waals surface area contributed by atoms with Gasteiger partial charge in [0.25, 0.3) is 0 Å². The molecule has 24 heavy (non-hydrogen) atoms. The van der Waals surface area contributed by atoms with Crippen LogP contribution < -0.4 is 5.32 Å². The standard InChI is InChI=1S/C20H16N4/c1-2-8-15(9-3-1)19-23-18-12-5-4-11-17(18)20(24-19)22-14-16-10-6-7-13-21-16/h1-13H,14H2,(H,22,23,24). The van der Waals surface area contributed by atoms with Gasteiger partial charge in [-0.15, -0.1) is 0 Å². The smallest absolute Gasteiger partial charge is 0.162 e. The lowest BCUT2D eigenvalue weighted by atomic mass is 10.2. The topological polar surface area (TPSA) is 50.7 Å². The molecule has 4 rings (SSSR count). The van der Waals surface area contributed by atoms with E-state index in [-0.39, 0.29) is 0 Å². The highest BCUT2D eigenvalue weighted by Gasteiger charge is 2.09. The van der Waals surface area contributed by atoms with E-state index in [0.717, 1.165) is 33.8 Å². The van der Waals surface area contributed by atoms with Gasteiger partial charge in [0.15, 0.2) is 5.82 Å². The van der Waals surface area contributed by atoms with Crippen LogP contribution in [0.2, 0.25) is 0 Å². The molecule has 4 heteroatoms. The van der Waals surface area contributed by atoms with Crippen LogP contribution in [-0.2, 0) is 6.54 Å². The fraction of sp³-hybridized carbons (Fsp3) is 0.0500. The summed E-state index contributed by atoms with van der Waals surface area (Å²) in [5.41, 5.74) is 2.90. The lowest BCUT2D eigenvalue weighted by molar-refractivity contribution is 1.03. The molecular formula is C20H16N4. The maximum atomic E-state index is 4.74. The Kier molecular flexibility index (Phi) is 3.86. The first-order valence-electron chi connectivity index (χ1n) is 7.86. The molecule has 116 valence electrons. The van der Waals surface area contributed by atoms with Crippen molar-refractivity contribution in [3.05, 3.63) is 84.7 Å². The Hall–Kier alpha value is -3.27. The SMILES string of the molecule is c1ccc(-c2nc(NCc3ccccn3)c3ccccc3n2)cc1. The Morgan fingerprint density at radius 2 is 1.54 bits per heavy atom. The Morgan fingerprint density at radius 3 is 2.38 bits per heavy atom. The number of fused-ring (bicyclic) bond motifs is 1. The van der Waals surface area contributed by atoms with Gasteiger partial charge in [-0.1, -0.05) is 48.5 Å². The third kappa shape index (κ3) is 2.94. The summed E-state index contributed by atoms with van der Waals surface area (Å²) >= 11 is 0. The molecule has 0 aliphatic rings. The van der Waals surface area contributed by atoms with E-state index in [9.17, 15) is 0 Å². The second-order valence-electron chi connectivity index (χ2n) is 5.45. The molecular weight excluding hydrogens is 296 g/mol. The zero-order chi connectivity index (χ0) is 16.2. The van der Waals surface area contributed by atoms with Crippen LogP contribution in [0.15, 0.2) is 79.0 Å². The van der Waals surface area contributed by atoms with Crippen LogP contribution in [0.1, 0.15) is 5.69 Å². The van der Waals surface area contributed by atoms with Crippen molar-refractivity contribution in [1.29, 1.82) is 0 Å². The van der Waals surface area contributed by atoms with Gasteiger partial charge in [-0.3, -0.25) is 4.98 Å². The first kappa shape index (κ1) is 14.3. The molecule has 4 aromatic rings. The third-order valence-corrected chi connectivity index (χ3v) is 3.80. The van der Waals surface area contributed by atoms with Crippen LogP contribution in [0.5, 0.6) is 0 Å². The number of hydrogen-bond acceptors (Lipinski definition) is 4. The van der Waals surface area contributed by atoms with Gasteiger partial charge in [-0.2, -0.15) is 0 Å². The lowest BCUT2D eigenvalue weighted by Gasteiger charge is -2.10. The average Bonchev–Trinajstić information content (AvgIpc) is 2.67. The predicted molar refractivity (Wildman–Crippen MR) is 96.5 cm³/mol. The van der Waals surface area contributed by atoms with Crippen molar-refractivity contribution in [1.82, 2.24) is 15.0 Å². The van der Waals surface area contributed by atoms with E-state index in [0.29, 0.717) is 6.54 Å². The van der Waals surface area contributed by atoms with Gasteiger partial charge in [0.05, 0.1) is 17.8 Å². The summed E-state index contributed by atoms with van der Waals surface area (Å²) in [4.78, 5) is 13.8. The van der Waals surface area contributed by atoms with Crippen LogP contribution in [-0.4, -0.2) is 15.0 Å². The second kappa shape index (κ2) is 6.46. The minimum Gasteiger partial charge on any atom is -0.364 e. The van der Waals surface area contributed by atoms with Gasteiger partial charge < -0.3 is 5.32 Å². The summed E-state index contributed by atoms with van der Waals surface area (Å²) in [6, 6.07) is 23.9. The second-order valence-corrected chi connectivity index (χ2v) is 5.45. The molecule has 0 unspecified atom stereocenters. The normalized spacial score (nSPS) is 10.7. The summed E-state index contributed by atoms with van der Waals surface area (Å²) in [5.74, 6) is 1.54. The van der Waals surface area contributed by atoms with Crippen LogP contribution in [0.3, 0.4) is 0 Å². The molecule has 0 fully saturated rings. The number of benzene rings is 2. The van der Waals surface area contributed by atoms with Crippen LogP contribution in [0.25, 0.3) is 22.3 Å². The zero-order valence-corrected chi connectivity index (χ0v) is 13.1. The molecule has 0 saturated heterocycles. The summed E-state index contributed by atoms with van der Waals surface area (Å²) < 4.78 is 0. The molecule has 0 amide bonds. The van der Waals surface area contributed by atoms with E-state index in [4.69, 9.17) is 9.97 Å². The third-order valence-electron chi connectivity index (χ3n) is 3.80. The number of aromatic nitrogens is 3. The van der Waals surface area contributed by atoms with E-state index >= 15 is 0 Å². The van der Waals surface area contributed by atoms with E-state index in [1.807, 2.05) is 72.8 Å². The van der Waals surface area contributed by atoms with Crippen molar-refractivity contribution in [3.63, 3.8) is 0 Å². The number of nitrogens with one attached hydrogen (secondary N) is 1. The fourth-order valence-electron chi connectivity index (χ4n) is 2.60. The van der Waals surface area contributed by atoms with E-state index in [2.05, 4.69) is 10.3 Å². The van der Waals surface area contributed by atoms with Crippen molar-refractivity contribution < 1.29 is 0 Å². The molecule has 0 atom stereocenters. The van der Waals surface area contributed by atoms with Crippen LogP contribution >= 0.6 is 0 Å². The molecule has 2 aromatic carbocycles. The molecule has 0 radical (unpaired) electrons. The summed E-state index contributed by atoms with van der Waals surface area (Å²) in [7, 11) is 0. The summed E-state index contributed by atoms with van der Waals surface area (Å²) in [6.07, 6.45) is 1.80. The van der Waals surface area contributed by atoms with Gasteiger partial charge in [0.2, 0.25) is 0 Å². The number of anilines is 1. The Labute approximate surface area is 140 Å². The fourth-order valence-corrected chi connectivity index (χ4v) is 2.60. The first-order chi connectivity index (χ1) is 11.9.